The van der Waals surface area contributed by atoms with Gasteiger partial charge in [-0.3, -0.25) is 9.69 Å². The molecule has 31 heavy (non-hydrogen) atoms. The van der Waals surface area contributed by atoms with Crippen LogP contribution in [0, 0.1) is 11.1 Å². The smallest absolute Gasteiger partial charge is 0.260 e. The second kappa shape index (κ2) is 11.1. The number of pyridine rings is 1. The quantitative estimate of drug-likeness (QED) is 0.455. The van der Waals surface area contributed by atoms with Crippen molar-refractivity contribution < 1.29 is 14.3 Å². The van der Waals surface area contributed by atoms with Gasteiger partial charge in [-0.1, -0.05) is 18.2 Å². The molecule has 1 atom stereocenters. The van der Waals surface area contributed by atoms with Crippen LogP contribution in [0.15, 0.2) is 48.8 Å². The number of carbonyl (C=O) groups excluding carboxylic acids is 1. The van der Waals surface area contributed by atoms with Crippen LogP contribution < -0.4 is 9.47 Å². The van der Waals surface area contributed by atoms with Crippen molar-refractivity contribution in [1.29, 1.82) is 0 Å². The highest BCUT2D eigenvalue weighted by atomic mass is 16.5. The van der Waals surface area contributed by atoms with E-state index in [1.807, 2.05) is 37.2 Å². The number of hydrogen-bond donors (Lipinski definition) is 0. The highest BCUT2D eigenvalue weighted by Gasteiger charge is 2.26. The van der Waals surface area contributed by atoms with Gasteiger partial charge in [0.05, 0.1) is 7.11 Å². The van der Waals surface area contributed by atoms with Gasteiger partial charge in [0.15, 0.2) is 12.4 Å². The summed E-state index contributed by atoms with van der Waals surface area (Å²) in [6.07, 6.45) is 4.98. The van der Waals surface area contributed by atoms with E-state index in [2.05, 4.69) is 15.9 Å². The molecule has 168 valence electrons. The van der Waals surface area contributed by atoms with Gasteiger partial charge in [-0.2, -0.15) is 4.73 Å². The van der Waals surface area contributed by atoms with Gasteiger partial charge < -0.3 is 19.7 Å². The maximum atomic E-state index is 13.2. The number of likely N-dealkylation sites (tertiary alicyclic amines) is 1. The van der Waals surface area contributed by atoms with E-state index < -0.39 is 0 Å². The number of piperidine rings is 1. The first kappa shape index (κ1) is 23.0. The molecule has 7 heteroatoms. The molecule has 1 amide bonds. The van der Waals surface area contributed by atoms with Crippen molar-refractivity contribution >= 4 is 5.91 Å². The normalized spacial score (nSPS) is 17.0. The zero-order valence-corrected chi connectivity index (χ0v) is 18.9. The summed E-state index contributed by atoms with van der Waals surface area (Å²) in [6.45, 7) is 4.97. The Balaban J connectivity index is 1.67. The fourth-order valence-electron chi connectivity index (χ4n) is 4.19. The Kier molecular flexibility index (Phi) is 8.26. The molecule has 0 bridgehead atoms. The summed E-state index contributed by atoms with van der Waals surface area (Å²) < 4.78 is 6.20. The van der Waals surface area contributed by atoms with E-state index in [1.165, 1.54) is 18.0 Å². The Morgan fingerprint density at radius 2 is 2.03 bits per heavy atom. The Hall–Kier alpha value is -2.64. The highest BCUT2D eigenvalue weighted by Crippen LogP contribution is 2.24. The number of benzene rings is 1. The molecule has 2 aromatic rings. The lowest BCUT2D eigenvalue weighted by molar-refractivity contribution is -0.605. The standard InChI is InChI=1S/C24H34N4O3/c1-25(2)14-15-27(24(29)22-10-7-13-28(30)19-22)17-20-8-6-12-26(16-20)18-21-9-4-5-11-23(21)31-3/h4-5,7,9-11,13,19-20H,6,8,12,14-18H2,1-3H3. The first-order chi connectivity index (χ1) is 15.0. The number of hydrogen-bond acceptors (Lipinski definition) is 5. The van der Waals surface area contributed by atoms with Crippen LogP contribution in [0.25, 0.3) is 0 Å². The molecule has 0 N–H and O–H groups in total. The molecule has 1 unspecified atom stereocenters. The van der Waals surface area contributed by atoms with Crippen molar-refractivity contribution in [2.24, 2.45) is 5.92 Å². The van der Waals surface area contributed by atoms with Crippen LogP contribution in [-0.2, 0) is 6.54 Å². The molecule has 0 radical (unpaired) electrons. The van der Waals surface area contributed by atoms with Gasteiger partial charge in [-0.15, -0.1) is 0 Å². The van der Waals surface area contributed by atoms with Gasteiger partial charge in [-0.05, 0) is 51.5 Å². The average Bonchev–Trinajstić information content (AvgIpc) is 2.76. The second-order valence-corrected chi connectivity index (χ2v) is 8.56. The fraction of sp³-hybridized carbons (Fsp3) is 0.500. The van der Waals surface area contributed by atoms with Gasteiger partial charge in [0, 0.05) is 44.4 Å². The van der Waals surface area contributed by atoms with Gasteiger partial charge >= 0.3 is 0 Å². The van der Waals surface area contributed by atoms with Crippen molar-refractivity contribution in [3.8, 4) is 5.75 Å². The number of carbonyl (C=O) groups is 1. The zero-order chi connectivity index (χ0) is 22.2. The molecule has 1 aromatic heterocycles. The number of likely N-dealkylation sites (N-methyl/N-ethyl adjacent to an activating group) is 1. The minimum Gasteiger partial charge on any atom is -0.619 e. The van der Waals surface area contributed by atoms with E-state index in [1.54, 1.807) is 19.2 Å². The third kappa shape index (κ3) is 6.67. The summed E-state index contributed by atoms with van der Waals surface area (Å²) in [4.78, 5) is 19.6. The summed E-state index contributed by atoms with van der Waals surface area (Å²) in [5, 5.41) is 11.7. The van der Waals surface area contributed by atoms with Crippen LogP contribution in [-0.4, -0.2) is 74.5 Å². The number of para-hydroxylation sites is 1. The van der Waals surface area contributed by atoms with Crippen molar-refractivity contribution in [2.45, 2.75) is 19.4 Å². The summed E-state index contributed by atoms with van der Waals surface area (Å²) in [6, 6.07) is 11.5. The van der Waals surface area contributed by atoms with Crippen molar-refractivity contribution in [1.82, 2.24) is 14.7 Å². The molecular formula is C24H34N4O3. The molecule has 1 aliphatic rings. The van der Waals surface area contributed by atoms with Crippen molar-refractivity contribution in [3.63, 3.8) is 0 Å². The zero-order valence-electron chi connectivity index (χ0n) is 18.9. The molecule has 0 aliphatic carbocycles. The van der Waals surface area contributed by atoms with Gasteiger partial charge in [0.1, 0.15) is 11.3 Å². The van der Waals surface area contributed by atoms with Crippen LogP contribution in [0.4, 0.5) is 0 Å². The topological polar surface area (TPSA) is 63.0 Å². The van der Waals surface area contributed by atoms with E-state index in [-0.39, 0.29) is 5.91 Å². The van der Waals surface area contributed by atoms with Crippen LogP contribution in [0.3, 0.4) is 0 Å². The largest absolute Gasteiger partial charge is 0.619 e. The minimum absolute atomic E-state index is 0.0751. The molecule has 1 aromatic carbocycles. The number of methoxy groups -OCH3 is 1. The number of amides is 1. The number of aromatic nitrogens is 1. The lowest BCUT2D eigenvalue weighted by atomic mass is 9.96. The fourth-order valence-corrected chi connectivity index (χ4v) is 4.19. The Morgan fingerprint density at radius 3 is 2.77 bits per heavy atom. The number of rotatable bonds is 9. The van der Waals surface area contributed by atoms with Gasteiger partial charge in [0.2, 0.25) is 0 Å². The predicted octanol–water partition coefficient (Wildman–Crippen LogP) is 2.24. The average molecular weight is 427 g/mol. The molecule has 3 rings (SSSR count). The van der Waals surface area contributed by atoms with E-state index in [0.29, 0.717) is 29.3 Å². The summed E-state index contributed by atoms with van der Waals surface area (Å²) in [5.41, 5.74) is 1.63. The molecule has 1 fully saturated rings. The van der Waals surface area contributed by atoms with E-state index in [0.717, 1.165) is 44.8 Å². The second-order valence-electron chi connectivity index (χ2n) is 8.56. The monoisotopic (exact) mass is 426 g/mol. The van der Waals surface area contributed by atoms with E-state index >= 15 is 0 Å². The maximum absolute atomic E-state index is 13.2. The molecule has 2 heterocycles. The molecule has 7 nitrogen and oxygen atoms in total. The van der Waals surface area contributed by atoms with E-state index in [4.69, 9.17) is 4.74 Å². The number of nitrogens with zero attached hydrogens (tertiary/aromatic N) is 4. The first-order valence-corrected chi connectivity index (χ1v) is 10.9. The third-order valence-electron chi connectivity index (χ3n) is 5.79. The SMILES string of the molecule is COc1ccccc1CN1CCCC(CN(CCN(C)C)C(=O)c2ccc[n+]([O-])c2)C1. The van der Waals surface area contributed by atoms with Crippen molar-refractivity contribution in [3.05, 3.63) is 65.1 Å². The summed E-state index contributed by atoms with van der Waals surface area (Å²) >= 11 is 0. The first-order valence-electron chi connectivity index (χ1n) is 10.9. The molecular weight excluding hydrogens is 392 g/mol. The Labute approximate surface area is 185 Å². The van der Waals surface area contributed by atoms with Crippen LogP contribution in [0.1, 0.15) is 28.8 Å². The summed E-state index contributed by atoms with van der Waals surface area (Å²) in [5.74, 6) is 1.24. The van der Waals surface area contributed by atoms with Gasteiger partial charge in [0.25, 0.3) is 5.91 Å². The Bertz CT molecular complexity index is 858. The Morgan fingerprint density at radius 1 is 1.23 bits per heavy atom. The van der Waals surface area contributed by atoms with Gasteiger partial charge in [-0.25, -0.2) is 0 Å². The lowest BCUT2D eigenvalue weighted by Crippen LogP contribution is -2.45. The molecule has 0 spiro atoms. The van der Waals surface area contributed by atoms with Crippen molar-refractivity contribution in [2.75, 3.05) is 53.9 Å². The highest BCUT2D eigenvalue weighted by molar-refractivity contribution is 5.93. The summed E-state index contributed by atoms with van der Waals surface area (Å²) in [7, 11) is 5.72. The molecule has 0 saturated carbocycles. The predicted molar refractivity (Wildman–Crippen MR) is 121 cm³/mol. The van der Waals surface area contributed by atoms with Crippen LogP contribution in [0.2, 0.25) is 0 Å². The van der Waals surface area contributed by atoms with Crippen LogP contribution >= 0.6 is 0 Å². The molecule has 1 aliphatic heterocycles. The molecule has 1 saturated heterocycles. The van der Waals surface area contributed by atoms with Crippen LogP contribution in [0.5, 0.6) is 5.75 Å². The number of ether oxygens (including phenoxy) is 1. The lowest BCUT2D eigenvalue weighted by Gasteiger charge is -2.36. The van der Waals surface area contributed by atoms with E-state index in [9.17, 15) is 10.0 Å². The third-order valence-corrected chi connectivity index (χ3v) is 5.79. The maximum Gasteiger partial charge on any atom is 0.260 e. The minimum atomic E-state index is -0.0751.